The molecule has 2 heterocycles. The summed E-state index contributed by atoms with van der Waals surface area (Å²) in [5, 5.41) is 23.9. The van der Waals surface area contributed by atoms with Crippen LogP contribution in [0.3, 0.4) is 0 Å². The van der Waals surface area contributed by atoms with E-state index >= 15 is 0 Å². The number of thiazole rings is 1. The van der Waals surface area contributed by atoms with Crippen LogP contribution in [-0.4, -0.2) is 15.4 Å². The summed E-state index contributed by atoms with van der Waals surface area (Å²) >= 11 is 7.14. The zero-order valence-corrected chi connectivity index (χ0v) is 22.0. The van der Waals surface area contributed by atoms with Crippen LogP contribution in [0.2, 0.25) is 5.02 Å². The second-order valence-corrected chi connectivity index (χ2v) is 9.76. The highest BCUT2D eigenvalue weighted by molar-refractivity contribution is 7.07. The minimum absolute atomic E-state index is 0.0437. The minimum atomic E-state index is -0.716. The molecule has 0 aliphatic heterocycles. The van der Waals surface area contributed by atoms with E-state index in [0.29, 0.717) is 33.5 Å². The number of hydrogen-bond acceptors (Lipinski definition) is 7. The van der Waals surface area contributed by atoms with Gasteiger partial charge in [0.25, 0.3) is 17.2 Å². The number of furan rings is 1. The van der Waals surface area contributed by atoms with E-state index in [1.807, 2.05) is 6.07 Å². The number of nitriles is 1. The molecule has 0 aliphatic carbocycles. The van der Waals surface area contributed by atoms with E-state index in [1.54, 1.807) is 78.9 Å². The number of hydrogen-bond donors (Lipinski definition) is 1. The zero-order chi connectivity index (χ0) is 28.2. The molecule has 1 N–H and O–H groups in total. The molecule has 40 heavy (non-hydrogen) atoms. The molecular weight excluding hydrogens is 552 g/mol. The Labute approximate surface area is 235 Å². The highest BCUT2D eigenvalue weighted by Gasteiger charge is 2.18. The molecule has 0 aliphatic rings. The Kier molecular flexibility index (Phi) is 7.41. The quantitative estimate of drug-likeness (QED) is 0.230. The Hall–Kier alpha value is -5.24. The van der Waals surface area contributed by atoms with Crippen LogP contribution in [0.1, 0.15) is 5.76 Å². The lowest BCUT2D eigenvalue weighted by molar-refractivity contribution is -0.384. The number of nitrogens with zero attached hydrogens (tertiary/aromatic N) is 3. The Morgan fingerprint density at radius 1 is 1.02 bits per heavy atom. The van der Waals surface area contributed by atoms with E-state index in [4.69, 9.17) is 16.0 Å². The maximum Gasteiger partial charge on any atom is 0.273 e. The largest absolute Gasteiger partial charge is 0.457 e. The highest BCUT2D eigenvalue weighted by atomic mass is 35.5. The third kappa shape index (κ3) is 5.33. The van der Waals surface area contributed by atoms with Crippen molar-refractivity contribution >= 4 is 51.9 Å². The maximum atomic E-state index is 13.6. The molecule has 0 saturated heterocycles. The summed E-state index contributed by atoms with van der Waals surface area (Å²) in [4.78, 5) is 37.2. The van der Waals surface area contributed by atoms with Crippen molar-refractivity contribution in [2.24, 2.45) is 0 Å². The number of rotatable bonds is 6. The van der Waals surface area contributed by atoms with Crippen LogP contribution in [0, 0.1) is 21.4 Å². The van der Waals surface area contributed by atoms with Gasteiger partial charge in [-0.3, -0.25) is 24.3 Å². The number of para-hydroxylation sites is 2. The number of carbonyl (C=O) groups is 1. The van der Waals surface area contributed by atoms with Crippen LogP contribution < -0.4 is 20.1 Å². The van der Waals surface area contributed by atoms with Crippen LogP contribution >= 0.6 is 22.9 Å². The molecule has 3 aromatic carbocycles. The van der Waals surface area contributed by atoms with Crippen LogP contribution in [0.5, 0.6) is 0 Å². The second-order valence-electron chi connectivity index (χ2n) is 8.32. The molecule has 0 spiro atoms. The number of nitro groups is 1. The number of halogens is 1. The molecular formula is C29H17ClN4O5S. The van der Waals surface area contributed by atoms with Crippen LogP contribution in [0.25, 0.3) is 28.7 Å². The zero-order valence-electron chi connectivity index (χ0n) is 20.4. The lowest BCUT2D eigenvalue weighted by atomic mass is 10.1. The molecule has 2 aromatic heterocycles. The van der Waals surface area contributed by atoms with Crippen molar-refractivity contribution < 1.29 is 14.1 Å². The average Bonchev–Trinajstić information content (AvgIpc) is 3.55. The van der Waals surface area contributed by atoms with Gasteiger partial charge in [0.1, 0.15) is 22.3 Å². The van der Waals surface area contributed by atoms with Gasteiger partial charge >= 0.3 is 0 Å². The fourth-order valence-electron chi connectivity index (χ4n) is 3.87. The molecule has 5 aromatic rings. The first-order valence-electron chi connectivity index (χ1n) is 11.7. The predicted molar refractivity (Wildman–Crippen MR) is 153 cm³/mol. The molecule has 5 rings (SSSR count). The van der Waals surface area contributed by atoms with Gasteiger partial charge in [0.05, 0.1) is 25.9 Å². The first kappa shape index (κ1) is 26.4. The number of nitrogens with one attached hydrogen (secondary N) is 1. The fraction of sp³-hybridized carbons (Fsp3) is 0. The topological polar surface area (TPSA) is 131 Å². The van der Waals surface area contributed by atoms with Crippen molar-refractivity contribution in [3.05, 3.63) is 131 Å². The molecule has 9 nitrogen and oxygen atoms in total. The molecule has 0 radical (unpaired) electrons. The van der Waals surface area contributed by atoms with Crippen molar-refractivity contribution in [2.45, 2.75) is 0 Å². The van der Waals surface area contributed by atoms with Crippen LogP contribution in [-0.2, 0) is 4.79 Å². The van der Waals surface area contributed by atoms with E-state index in [1.165, 1.54) is 22.8 Å². The summed E-state index contributed by atoms with van der Waals surface area (Å²) in [5.74, 6) is 0.0775. The average molecular weight is 569 g/mol. The lowest BCUT2D eigenvalue weighted by Gasteiger charge is -2.07. The number of anilines is 1. The van der Waals surface area contributed by atoms with Gasteiger partial charge in [-0.2, -0.15) is 5.26 Å². The summed E-state index contributed by atoms with van der Waals surface area (Å²) in [7, 11) is 0. The fourth-order valence-corrected chi connectivity index (χ4v) is 5.13. The number of amides is 1. The van der Waals surface area contributed by atoms with E-state index in [2.05, 4.69) is 5.32 Å². The van der Waals surface area contributed by atoms with Crippen molar-refractivity contribution in [1.82, 2.24) is 4.57 Å². The second kappa shape index (κ2) is 11.2. The van der Waals surface area contributed by atoms with Crippen molar-refractivity contribution in [2.75, 3.05) is 5.32 Å². The van der Waals surface area contributed by atoms with Gasteiger partial charge in [0.2, 0.25) is 0 Å². The van der Waals surface area contributed by atoms with Crippen LogP contribution in [0.4, 0.5) is 11.4 Å². The van der Waals surface area contributed by atoms with E-state index in [0.717, 1.165) is 11.3 Å². The van der Waals surface area contributed by atoms with Gasteiger partial charge in [0.15, 0.2) is 5.57 Å². The normalized spacial score (nSPS) is 12.1. The number of aromatic nitrogens is 1. The summed E-state index contributed by atoms with van der Waals surface area (Å²) in [6.45, 7) is 0. The Morgan fingerprint density at radius 3 is 2.40 bits per heavy atom. The first-order valence-corrected chi connectivity index (χ1v) is 12.9. The van der Waals surface area contributed by atoms with Gasteiger partial charge < -0.3 is 9.73 Å². The molecule has 0 saturated carbocycles. The molecule has 0 fully saturated rings. The number of benzene rings is 3. The summed E-state index contributed by atoms with van der Waals surface area (Å²) < 4.78 is 7.54. The molecule has 0 bridgehead atoms. The Bertz CT molecular complexity index is 1970. The molecule has 196 valence electrons. The predicted octanol–water partition coefficient (Wildman–Crippen LogP) is 4.86. The summed E-state index contributed by atoms with van der Waals surface area (Å²) in [5.41, 5.74) is 0.665. The Balaban J connectivity index is 1.63. The number of nitro benzene ring substituents is 1. The first-order chi connectivity index (χ1) is 19.4. The van der Waals surface area contributed by atoms with Crippen LogP contribution in [0.15, 0.2) is 100 Å². The summed E-state index contributed by atoms with van der Waals surface area (Å²) in [6, 6.07) is 26.4. The van der Waals surface area contributed by atoms with Crippen molar-refractivity contribution in [3.8, 4) is 23.1 Å². The molecule has 11 heteroatoms. The van der Waals surface area contributed by atoms with E-state index in [9.17, 15) is 25.0 Å². The monoisotopic (exact) mass is 568 g/mol. The molecule has 1 amide bonds. The van der Waals surface area contributed by atoms with E-state index < -0.39 is 16.4 Å². The molecule has 0 atom stereocenters. The summed E-state index contributed by atoms with van der Waals surface area (Å²) in [6.07, 6.45) is 1.52. The van der Waals surface area contributed by atoms with Gasteiger partial charge in [-0.15, -0.1) is 11.3 Å². The van der Waals surface area contributed by atoms with Crippen molar-refractivity contribution in [3.63, 3.8) is 0 Å². The van der Waals surface area contributed by atoms with Gasteiger partial charge in [0, 0.05) is 23.8 Å². The third-order valence-corrected chi connectivity index (χ3v) is 7.20. The Morgan fingerprint density at radius 2 is 1.73 bits per heavy atom. The standard InChI is InChI=1S/C29H17ClN4O5S/c30-23-8-4-5-9-24(23)32-27(35)22(17-31)29-33(19-6-2-1-3-7-19)28(36)26(40-29)16-21-14-15-25(39-21)18-10-12-20(13-11-18)34(37)38/h1-16H,(H,32,35)/b26-16+,29-22+. The molecule has 0 unspecified atom stereocenters. The number of non-ortho nitro benzene ring substituents is 1. The minimum Gasteiger partial charge on any atom is -0.457 e. The highest BCUT2D eigenvalue weighted by Crippen LogP contribution is 2.25. The van der Waals surface area contributed by atoms with Gasteiger partial charge in [-0.1, -0.05) is 41.9 Å². The number of carbonyl (C=O) groups excluding carboxylic acids is 1. The SMILES string of the molecule is N#C/C(C(=O)Nc1ccccc1Cl)=c1\s/c(=C/c2ccc(-c3ccc([N+](=O)[O-])cc3)o2)c(=O)n1-c1ccccc1. The van der Waals surface area contributed by atoms with E-state index in [-0.39, 0.29) is 20.5 Å². The lowest BCUT2D eigenvalue weighted by Crippen LogP contribution is -2.32. The maximum absolute atomic E-state index is 13.6. The van der Waals surface area contributed by atoms with Crippen molar-refractivity contribution in [1.29, 1.82) is 5.26 Å². The van der Waals surface area contributed by atoms with Gasteiger partial charge in [-0.05, 0) is 48.5 Å². The van der Waals surface area contributed by atoms with Gasteiger partial charge in [-0.25, -0.2) is 0 Å². The third-order valence-electron chi connectivity index (χ3n) is 5.78. The smallest absolute Gasteiger partial charge is 0.273 e.